The van der Waals surface area contributed by atoms with Crippen LogP contribution in [0.4, 0.5) is 0 Å². The number of hydrogen-bond acceptors (Lipinski definition) is 6. The van der Waals surface area contributed by atoms with Crippen molar-refractivity contribution in [2.45, 2.75) is 31.2 Å². The van der Waals surface area contributed by atoms with Gasteiger partial charge in [-0.3, -0.25) is 0 Å². The van der Waals surface area contributed by atoms with Crippen LogP contribution in [0.2, 0.25) is 0 Å². The summed E-state index contributed by atoms with van der Waals surface area (Å²) in [7, 11) is -3.19. The molecule has 9 heteroatoms. The molecule has 1 aliphatic carbocycles. The third kappa shape index (κ3) is 3.49. The molecule has 0 amide bonds. The van der Waals surface area contributed by atoms with E-state index in [1.165, 1.54) is 10.6 Å². The number of halogens is 1. The van der Waals surface area contributed by atoms with Crippen LogP contribution in [0.15, 0.2) is 4.52 Å². The van der Waals surface area contributed by atoms with Gasteiger partial charge < -0.3 is 9.84 Å². The Morgan fingerprint density at radius 3 is 2.60 bits per heavy atom. The Labute approximate surface area is 124 Å². The maximum Gasteiger partial charge on any atom is 0.229 e. The maximum atomic E-state index is 11.7. The van der Waals surface area contributed by atoms with Crippen LogP contribution in [0.3, 0.4) is 0 Å². The highest BCUT2D eigenvalue weighted by molar-refractivity contribution is 7.88. The molecular formula is C11H19ClN4O3S. The first-order valence-corrected chi connectivity index (χ1v) is 8.39. The molecule has 1 aliphatic heterocycles. The Kier molecular flexibility index (Phi) is 4.68. The summed E-state index contributed by atoms with van der Waals surface area (Å²) in [5, 5.41) is 6.99. The van der Waals surface area contributed by atoms with Crippen molar-refractivity contribution in [3.05, 3.63) is 11.7 Å². The molecule has 2 fully saturated rings. The minimum absolute atomic E-state index is 0. The van der Waals surface area contributed by atoms with Gasteiger partial charge in [-0.05, 0) is 12.8 Å². The van der Waals surface area contributed by atoms with E-state index in [-0.39, 0.29) is 18.4 Å². The molecule has 114 valence electrons. The zero-order chi connectivity index (χ0) is 13.5. The largest absolute Gasteiger partial charge is 0.339 e. The summed E-state index contributed by atoms with van der Waals surface area (Å²) in [6.45, 7) is 1.84. The Morgan fingerprint density at radius 2 is 2.10 bits per heavy atom. The van der Waals surface area contributed by atoms with Crippen molar-refractivity contribution in [2.24, 2.45) is 0 Å². The van der Waals surface area contributed by atoms with Crippen LogP contribution in [0.1, 0.15) is 30.5 Å². The van der Waals surface area contributed by atoms with Gasteiger partial charge >= 0.3 is 0 Å². The summed E-state index contributed by atoms with van der Waals surface area (Å²) in [5.41, 5.74) is 0. The zero-order valence-corrected chi connectivity index (χ0v) is 12.9. The number of rotatable bonds is 6. The Hall–Kier alpha value is -0.700. The fourth-order valence-corrected chi connectivity index (χ4v) is 3.29. The van der Waals surface area contributed by atoms with Gasteiger partial charge in [0.1, 0.15) is 0 Å². The fourth-order valence-electron chi connectivity index (χ4n) is 2.17. The Bertz CT molecular complexity index is 554. The van der Waals surface area contributed by atoms with Gasteiger partial charge in [0.2, 0.25) is 15.9 Å². The van der Waals surface area contributed by atoms with Crippen LogP contribution in [0, 0.1) is 0 Å². The van der Waals surface area contributed by atoms with E-state index in [1.54, 1.807) is 0 Å². The van der Waals surface area contributed by atoms with Crippen LogP contribution < -0.4 is 5.32 Å². The van der Waals surface area contributed by atoms with Crippen LogP contribution in [-0.2, 0) is 16.4 Å². The zero-order valence-electron chi connectivity index (χ0n) is 11.3. The van der Waals surface area contributed by atoms with E-state index in [4.69, 9.17) is 4.52 Å². The van der Waals surface area contributed by atoms with E-state index in [2.05, 4.69) is 15.5 Å². The molecule has 20 heavy (non-hydrogen) atoms. The quantitative estimate of drug-likeness (QED) is 0.801. The van der Waals surface area contributed by atoms with Crippen molar-refractivity contribution in [3.63, 3.8) is 0 Å². The average Bonchev–Trinajstić information content (AvgIpc) is 3.00. The number of hydrogen-bond donors (Lipinski definition) is 1. The van der Waals surface area contributed by atoms with Gasteiger partial charge in [-0.15, -0.1) is 12.4 Å². The number of sulfonamides is 1. The lowest BCUT2D eigenvalue weighted by Gasteiger charge is -2.36. The van der Waals surface area contributed by atoms with Crippen molar-refractivity contribution >= 4 is 22.4 Å². The van der Waals surface area contributed by atoms with Gasteiger partial charge in [0.15, 0.2) is 5.82 Å². The second-order valence-corrected chi connectivity index (χ2v) is 7.19. The van der Waals surface area contributed by atoms with E-state index < -0.39 is 10.0 Å². The molecule has 2 heterocycles. The maximum absolute atomic E-state index is 11.7. The van der Waals surface area contributed by atoms with Gasteiger partial charge in [0.05, 0.1) is 6.26 Å². The van der Waals surface area contributed by atoms with Crippen molar-refractivity contribution in [2.75, 3.05) is 25.9 Å². The highest BCUT2D eigenvalue weighted by Gasteiger charge is 2.32. The van der Waals surface area contributed by atoms with E-state index in [0.717, 1.165) is 12.8 Å². The lowest BCUT2D eigenvalue weighted by Crippen LogP contribution is -2.59. The molecule has 1 aromatic rings. The summed E-state index contributed by atoms with van der Waals surface area (Å²) in [6.07, 6.45) is 3.98. The van der Waals surface area contributed by atoms with E-state index in [1.807, 2.05) is 0 Å². The molecule has 1 aromatic heterocycles. The monoisotopic (exact) mass is 322 g/mol. The highest BCUT2D eigenvalue weighted by atomic mass is 35.5. The molecule has 1 saturated heterocycles. The molecule has 7 nitrogen and oxygen atoms in total. The molecule has 0 atom stereocenters. The van der Waals surface area contributed by atoms with Crippen molar-refractivity contribution in [1.29, 1.82) is 0 Å². The number of nitrogens with one attached hydrogen (secondary N) is 1. The molecule has 1 N–H and O–H groups in total. The third-order valence-corrected chi connectivity index (χ3v) is 4.89. The predicted molar refractivity (Wildman–Crippen MR) is 75.4 cm³/mol. The Morgan fingerprint density at radius 1 is 1.40 bits per heavy atom. The van der Waals surface area contributed by atoms with E-state index >= 15 is 0 Å². The fraction of sp³-hybridized carbons (Fsp3) is 0.818. The van der Waals surface area contributed by atoms with E-state index in [9.17, 15) is 8.42 Å². The second-order valence-electron chi connectivity index (χ2n) is 5.26. The molecule has 0 spiro atoms. The molecular weight excluding hydrogens is 304 g/mol. The van der Waals surface area contributed by atoms with Crippen molar-refractivity contribution in [3.8, 4) is 0 Å². The van der Waals surface area contributed by atoms with Gasteiger partial charge in [0, 0.05) is 38.0 Å². The summed E-state index contributed by atoms with van der Waals surface area (Å²) in [4.78, 5) is 4.31. The molecule has 0 aromatic carbocycles. The summed E-state index contributed by atoms with van der Waals surface area (Å²) < 4.78 is 30.2. The standard InChI is InChI=1S/C11H18N4O3S.ClH/c1-19(16,17)15(9-6-12-7-9)5-4-10-13-11(18-14-10)8-2-3-8;/h8-9,12H,2-7H2,1H3;1H. The molecule has 3 rings (SSSR count). The van der Waals surface area contributed by atoms with E-state index in [0.29, 0.717) is 43.7 Å². The van der Waals surface area contributed by atoms with Crippen molar-refractivity contribution < 1.29 is 12.9 Å². The Balaban J connectivity index is 0.00000147. The number of nitrogens with zero attached hydrogens (tertiary/aromatic N) is 3. The minimum Gasteiger partial charge on any atom is -0.339 e. The van der Waals surface area contributed by atoms with Crippen LogP contribution in [-0.4, -0.2) is 54.8 Å². The average molecular weight is 323 g/mol. The highest BCUT2D eigenvalue weighted by Crippen LogP contribution is 2.38. The van der Waals surface area contributed by atoms with Crippen LogP contribution in [0.5, 0.6) is 0 Å². The van der Waals surface area contributed by atoms with Crippen LogP contribution >= 0.6 is 12.4 Å². The summed E-state index contributed by atoms with van der Waals surface area (Å²) >= 11 is 0. The van der Waals surface area contributed by atoms with Gasteiger partial charge in [0.25, 0.3) is 0 Å². The molecule has 0 radical (unpaired) electrons. The number of aromatic nitrogens is 2. The molecule has 2 aliphatic rings. The summed E-state index contributed by atoms with van der Waals surface area (Å²) in [6, 6.07) is 0.0600. The lowest BCUT2D eigenvalue weighted by molar-refractivity contribution is 0.243. The first-order valence-electron chi connectivity index (χ1n) is 6.54. The molecule has 0 unspecified atom stereocenters. The normalized spacial score (nSPS) is 19.7. The molecule has 1 saturated carbocycles. The third-order valence-electron chi connectivity index (χ3n) is 3.56. The first-order chi connectivity index (χ1) is 9.04. The minimum atomic E-state index is -3.19. The van der Waals surface area contributed by atoms with Crippen molar-refractivity contribution in [1.82, 2.24) is 19.8 Å². The topological polar surface area (TPSA) is 88.3 Å². The van der Waals surface area contributed by atoms with Gasteiger partial charge in [-0.25, -0.2) is 8.42 Å². The SMILES string of the molecule is CS(=O)(=O)N(CCc1noc(C2CC2)n1)C1CNC1.Cl. The molecule has 0 bridgehead atoms. The summed E-state index contributed by atoms with van der Waals surface area (Å²) in [5.74, 6) is 1.73. The predicted octanol–water partition coefficient (Wildman–Crippen LogP) is 0.145. The van der Waals surface area contributed by atoms with Gasteiger partial charge in [-0.1, -0.05) is 5.16 Å². The first kappa shape index (κ1) is 15.7. The van der Waals surface area contributed by atoms with Crippen LogP contribution in [0.25, 0.3) is 0 Å². The lowest BCUT2D eigenvalue weighted by atomic mass is 10.2. The smallest absolute Gasteiger partial charge is 0.229 e. The van der Waals surface area contributed by atoms with Gasteiger partial charge in [-0.2, -0.15) is 9.29 Å². The second kappa shape index (κ2) is 5.97.